The van der Waals surface area contributed by atoms with Gasteiger partial charge in [-0.1, -0.05) is 26.7 Å². The van der Waals surface area contributed by atoms with Gasteiger partial charge in [0, 0.05) is 5.41 Å². The van der Waals surface area contributed by atoms with Gasteiger partial charge in [0.25, 0.3) is 0 Å². The molecule has 0 saturated heterocycles. The third-order valence-electron chi connectivity index (χ3n) is 5.16. The van der Waals surface area contributed by atoms with Crippen LogP contribution in [0.3, 0.4) is 0 Å². The molecule has 4 saturated carbocycles. The largest absolute Gasteiger partial charge is 0.120 e. The topological polar surface area (TPSA) is 0 Å². The normalized spacial score (nSPS) is 61.7. The monoisotopic (exact) mass is 202 g/mol. The molecule has 0 aliphatic heterocycles. The minimum Gasteiger partial charge on any atom is -0.120 e. The summed E-state index contributed by atoms with van der Waals surface area (Å²) in [6.07, 6.45) is 14.0. The average molecular weight is 202 g/mol. The molecule has 0 unspecified atom stereocenters. The lowest BCUT2D eigenvalue weighted by Crippen LogP contribution is -2.58. The maximum absolute atomic E-state index is 5.85. The van der Waals surface area contributed by atoms with Crippen molar-refractivity contribution in [2.45, 2.75) is 59.3 Å². The van der Waals surface area contributed by atoms with E-state index in [0.29, 0.717) is 16.2 Å². The van der Waals surface area contributed by atoms with Gasteiger partial charge >= 0.3 is 0 Å². The predicted octanol–water partition coefficient (Wildman–Crippen LogP) is 4.01. The predicted molar refractivity (Wildman–Crippen MR) is 63.3 cm³/mol. The fourth-order valence-electron chi connectivity index (χ4n) is 6.44. The second-order valence-electron chi connectivity index (χ2n) is 7.92. The van der Waals surface area contributed by atoms with Crippen LogP contribution in [0.15, 0.2) is 0 Å². The average Bonchev–Trinajstić information content (AvgIpc) is 1.94. The Morgan fingerprint density at radius 1 is 0.733 bits per heavy atom. The summed E-state index contributed by atoms with van der Waals surface area (Å²) < 4.78 is 0. The Labute approximate surface area is 93.8 Å². The molecule has 4 bridgehead atoms. The molecular formula is C15H22. The zero-order chi connectivity index (χ0) is 10.9. The van der Waals surface area contributed by atoms with E-state index in [2.05, 4.69) is 26.7 Å². The lowest BCUT2D eigenvalue weighted by atomic mass is 9.37. The first-order valence-electron chi connectivity index (χ1n) is 6.28. The van der Waals surface area contributed by atoms with Crippen LogP contribution in [0.2, 0.25) is 0 Å². The van der Waals surface area contributed by atoms with Crippen LogP contribution in [0.5, 0.6) is 0 Å². The van der Waals surface area contributed by atoms with Crippen molar-refractivity contribution in [1.82, 2.24) is 0 Å². The van der Waals surface area contributed by atoms with E-state index in [0.717, 1.165) is 0 Å². The van der Waals surface area contributed by atoms with Crippen LogP contribution in [0.4, 0.5) is 0 Å². The molecule has 4 fully saturated rings. The van der Waals surface area contributed by atoms with Crippen molar-refractivity contribution in [3.05, 3.63) is 0 Å². The second kappa shape index (κ2) is 2.29. The summed E-state index contributed by atoms with van der Waals surface area (Å²) >= 11 is 0. The zero-order valence-electron chi connectivity index (χ0n) is 10.3. The first-order valence-corrected chi connectivity index (χ1v) is 6.28. The van der Waals surface area contributed by atoms with Gasteiger partial charge in [-0.2, -0.15) is 0 Å². The number of hydrogen-bond acceptors (Lipinski definition) is 0. The Kier molecular flexibility index (Phi) is 1.49. The van der Waals surface area contributed by atoms with E-state index in [9.17, 15) is 0 Å². The highest BCUT2D eigenvalue weighted by Crippen LogP contribution is 2.73. The highest BCUT2D eigenvalue weighted by Gasteiger charge is 2.63. The Morgan fingerprint density at radius 2 is 1.07 bits per heavy atom. The SMILES string of the molecule is C#CC12CC3(C)CC(C)(CC(C)(C3)C1)C2. The summed E-state index contributed by atoms with van der Waals surface area (Å²) in [5, 5.41) is 0. The first-order chi connectivity index (χ1) is 6.80. The summed E-state index contributed by atoms with van der Waals surface area (Å²) in [6, 6.07) is 0. The maximum atomic E-state index is 5.85. The molecular weight excluding hydrogens is 180 g/mol. The smallest absolute Gasteiger partial charge is 0.0327 e. The van der Waals surface area contributed by atoms with Crippen molar-refractivity contribution in [2.75, 3.05) is 0 Å². The maximum Gasteiger partial charge on any atom is 0.0327 e. The molecule has 0 spiro atoms. The number of rotatable bonds is 0. The molecule has 82 valence electrons. The molecule has 0 heterocycles. The van der Waals surface area contributed by atoms with Gasteiger partial charge in [0.05, 0.1) is 0 Å². The summed E-state index contributed by atoms with van der Waals surface area (Å²) in [5.74, 6) is 3.19. The van der Waals surface area contributed by atoms with E-state index < -0.39 is 0 Å². The lowest BCUT2D eigenvalue weighted by molar-refractivity contribution is -0.161. The lowest BCUT2D eigenvalue weighted by Gasteiger charge is -2.67. The van der Waals surface area contributed by atoms with Crippen molar-refractivity contribution in [1.29, 1.82) is 0 Å². The fraction of sp³-hybridized carbons (Fsp3) is 0.867. The molecule has 0 atom stereocenters. The quantitative estimate of drug-likeness (QED) is 0.521. The van der Waals surface area contributed by atoms with Crippen LogP contribution in [-0.2, 0) is 0 Å². The van der Waals surface area contributed by atoms with Gasteiger partial charge in [-0.15, -0.1) is 6.42 Å². The minimum absolute atomic E-state index is 0.257. The van der Waals surface area contributed by atoms with Crippen LogP contribution < -0.4 is 0 Å². The summed E-state index contributed by atoms with van der Waals surface area (Å²) in [5.41, 5.74) is 1.90. The summed E-state index contributed by atoms with van der Waals surface area (Å²) in [4.78, 5) is 0. The third-order valence-corrected chi connectivity index (χ3v) is 5.16. The summed E-state index contributed by atoms with van der Waals surface area (Å²) in [6.45, 7) is 7.44. The fourth-order valence-corrected chi connectivity index (χ4v) is 6.44. The van der Waals surface area contributed by atoms with Gasteiger partial charge < -0.3 is 0 Å². The highest BCUT2D eigenvalue weighted by atomic mass is 14.7. The minimum atomic E-state index is 0.257. The molecule has 4 aliphatic rings. The Bertz CT molecular complexity index is 303. The van der Waals surface area contributed by atoms with Crippen molar-refractivity contribution >= 4 is 0 Å². The molecule has 0 aromatic heterocycles. The molecule has 0 heteroatoms. The Balaban J connectivity index is 2.11. The molecule has 4 rings (SSSR count). The van der Waals surface area contributed by atoms with E-state index >= 15 is 0 Å². The first kappa shape index (κ1) is 9.76. The van der Waals surface area contributed by atoms with Gasteiger partial charge in [-0.25, -0.2) is 0 Å². The number of terminal acetylenes is 1. The van der Waals surface area contributed by atoms with E-state index in [1.54, 1.807) is 0 Å². The van der Waals surface area contributed by atoms with Crippen molar-refractivity contribution in [3.63, 3.8) is 0 Å². The second-order valence-corrected chi connectivity index (χ2v) is 7.92. The Morgan fingerprint density at radius 3 is 1.33 bits per heavy atom. The van der Waals surface area contributed by atoms with Crippen LogP contribution in [0, 0.1) is 34.0 Å². The van der Waals surface area contributed by atoms with Crippen molar-refractivity contribution < 1.29 is 0 Å². The third kappa shape index (κ3) is 1.22. The van der Waals surface area contributed by atoms with E-state index in [-0.39, 0.29) is 5.41 Å². The van der Waals surface area contributed by atoms with E-state index in [1.165, 1.54) is 38.5 Å². The molecule has 0 nitrogen and oxygen atoms in total. The molecule has 0 N–H and O–H groups in total. The van der Waals surface area contributed by atoms with Crippen molar-refractivity contribution in [3.8, 4) is 12.3 Å². The molecule has 0 aromatic rings. The van der Waals surface area contributed by atoms with Gasteiger partial charge in [-0.3, -0.25) is 0 Å². The van der Waals surface area contributed by atoms with Gasteiger partial charge in [0.15, 0.2) is 0 Å². The van der Waals surface area contributed by atoms with Gasteiger partial charge in [-0.05, 0) is 54.8 Å². The summed E-state index contributed by atoms with van der Waals surface area (Å²) in [7, 11) is 0. The van der Waals surface area contributed by atoms with Crippen molar-refractivity contribution in [2.24, 2.45) is 21.7 Å². The molecule has 0 amide bonds. The van der Waals surface area contributed by atoms with E-state index in [4.69, 9.17) is 6.42 Å². The molecule has 0 aromatic carbocycles. The van der Waals surface area contributed by atoms with Crippen LogP contribution in [0.25, 0.3) is 0 Å². The standard InChI is InChI=1S/C15H22/c1-5-15-9-12(2)6-13(3,10-15)8-14(4,7-12)11-15/h1H,6-11H2,2-4H3. The van der Waals surface area contributed by atoms with Gasteiger partial charge in [0.1, 0.15) is 0 Å². The van der Waals surface area contributed by atoms with E-state index in [1.807, 2.05) is 0 Å². The highest BCUT2D eigenvalue weighted by molar-refractivity contribution is 5.22. The van der Waals surface area contributed by atoms with Crippen LogP contribution in [-0.4, -0.2) is 0 Å². The molecule has 0 radical (unpaired) electrons. The molecule has 15 heavy (non-hydrogen) atoms. The van der Waals surface area contributed by atoms with Crippen LogP contribution in [0.1, 0.15) is 59.3 Å². The molecule has 4 aliphatic carbocycles. The van der Waals surface area contributed by atoms with Crippen LogP contribution >= 0.6 is 0 Å². The van der Waals surface area contributed by atoms with Gasteiger partial charge in [0.2, 0.25) is 0 Å². The number of hydrogen-bond donors (Lipinski definition) is 0. The Hall–Kier alpha value is -0.440. The zero-order valence-corrected chi connectivity index (χ0v) is 10.3.